The number of hydrogen-bond donors (Lipinski definition) is 3. The summed E-state index contributed by atoms with van der Waals surface area (Å²) in [6.07, 6.45) is 0. The van der Waals surface area contributed by atoms with E-state index in [-0.39, 0.29) is 17.3 Å². The van der Waals surface area contributed by atoms with Crippen molar-refractivity contribution in [2.24, 2.45) is 0 Å². The third kappa shape index (κ3) is 3.98. The molecule has 0 spiro atoms. The Kier molecular flexibility index (Phi) is 4.85. The molecule has 26 heavy (non-hydrogen) atoms. The van der Waals surface area contributed by atoms with Gasteiger partial charge < -0.3 is 20.3 Å². The molecule has 0 aliphatic carbocycles. The largest absolute Gasteiger partial charge is 0.507 e. The SMILES string of the molecule is CC(=O)Oc1ccc(-c2csc(Nc3ccc(C(=O)O)c(O)c3)n2)cc1. The number of carboxylic acids is 1. The predicted octanol–water partition coefficient (Wildman–Crippen LogP) is 3.88. The smallest absolute Gasteiger partial charge is 0.339 e. The number of aromatic hydroxyl groups is 1. The van der Waals surface area contributed by atoms with E-state index in [1.54, 1.807) is 30.3 Å². The summed E-state index contributed by atoms with van der Waals surface area (Å²) in [6, 6.07) is 11.2. The first-order chi connectivity index (χ1) is 12.4. The zero-order chi connectivity index (χ0) is 18.7. The van der Waals surface area contributed by atoms with Gasteiger partial charge in [-0.3, -0.25) is 4.79 Å². The van der Waals surface area contributed by atoms with Crippen LogP contribution < -0.4 is 10.1 Å². The standard InChI is InChI=1S/C18H14N2O5S/c1-10(21)25-13-5-2-11(3-6-13)15-9-26-18(20-15)19-12-4-7-14(17(23)24)16(22)8-12/h2-9,22H,1H3,(H,19,20)(H,23,24). The number of nitrogens with zero attached hydrogens (tertiary/aromatic N) is 1. The fraction of sp³-hybridized carbons (Fsp3) is 0.0556. The molecule has 0 saturated carbocycles. The highest BCUT2D eigenvalue weighted by atomic mass is 32.1. The van der Waals surface area contributed by atoms with Crippen molar-refractivity contribution in [3.8, 4) is 22.8 Å². The molecule has 0 saturated heterocycles. The molecule has 3 N–H and O–H groups in total. The zero-order valence-corrected chi connectivity index (χ0v) is 14.4. The number of aromatic carboxylic acids is 1. The van der Waals surface area contributed by atoms with Crippen molar-refractivity contribution in [1.29, 1.82) is 0 Å². The topological polar surface area (TPSA) is 109 Å². The molecule has 0 bridgehead atoms. The van der Waals surface area contributed by atoms with E-state index in [2.05, 4.69) is 10.3 Å². The first-order valence-corrected chi connectivity index (χ1v) is 8.38. The number of phenols is 1. The lowest BCUT2D eigenvalue weighted by atomic mass is 10.2. The molecule has 2 aromatic carbocycles. The summed E-state index contributed by atoms with van der Waals surface area (Å²) in [5.41, 5.74) is 1.95. The Balaban J connectivity index is 1.74. The van der Waals surface area contributed by atoms with Crippen LogP contribution in [-0.2, 0) is 4.79 Å². The van der Waals surface area contributed by atoms with Gasteiger partial charge in [-0.15, -0.1) is 11.3 Å². The van der Waals surface area contributed by atoms with E-state index in [0.29, 0.717) is 16.6 Å². The highest BCUT2D eigenvalue weighted by molar-refractivity contribution is 7.14. The van der Waals surface area contributed by atoms with Gasteiger partial charge in [0.25, 0.3) is 0 Å². The predicted molar refractivity (Wildman–Crippen MR) is 97.2 cm³/mol. The van der Waals surface area contributed by atoms with Crippen LogP contribution in [0.1, 0.15) is 17.3 Å². The molecule has 0 amide bonds. The molecule has 0 aliphatic heterocycles. The summed E-state index contributed by atoms with van der Waals surface area (Å²) in [6.45, 7) is 1.34. The Labute approximate surface area is 152 Å². The maximum absolute atomic E-state index is 10.9. The second-order valence-electron chi connectivity index (χ2n) is 5.32. The lowest BCUT2D eigenvalue weighted by Gasteiger charge is -2.05. The molecule has 0 atom stereocenters. The minimum atomic E-state index is -1.19. The number of hydrogen-bond acceptors (Lipinski definition) is 7. The van der Waals surface area contributed by atoms with Crippen molar-refractivity contribution in [2.45, 2.75) is 6.92 Å². The lowest BCUT2D eigenvalue weighted by molar-refractivity contribution is -0.131. The van der Waals surface area contributed by atoms with E-state index in [1.165, 1.54) is 30.4 Å². The monoisotopic (exact) mass is 370 g/mol. The van der Waals surface area contributed by atoms with Gasteiger partial charge >= 0.3 is 11.9 Å². The molecule has 1 aromatic heterocycles. The number of esters is 1. The van der Waals surface area contributed by atoms with Crippen LogP contribution in [0.15, 0.2) is 47.8 Å². The molecular weight excluding hydrogens is 356 g/mol. The van der Waals surface area contributed by atoms with Crippen LogP contribution in [0.25, 0.3) is 11.3 Å². The molecule has 0 aliphatic rings. The van der Waals surface area contributed by atoms with Crippen molar-refractivity contribution in [3.05, 3.63) is 53.4 Å². The molecule has 0 fully saturated rings. The van der Waals surface area contributed by atoms with Crippen LogP contribution in [0.5, 0.6) is 11.5 Å². The van der Waals surface area contributed by atoms with Gasteiger partial charge in [-0.1, -0.05) is 0 Å². The fourth-order valence-corrected chi connectivity index (χ4v) is 2.98. The van der Waals surface area contributed by atoms with E-state index in [4.69, 9.17) is 9.84 Å². The van der Waals surface area contributed by atoms with Gasteiger partial charge in [0.1, 0.15) is 17.1 Å². The first-order valence-electron chi connectivity index (χ1n) is 7.50. The van der Waals surface area contributed by atoms with E-state index in [0.717, 1.165) is 11.3 Å². The molecule has 3 aromatic rings. The molecule has 3 rings (SSSR count). The average Bonchev–Trinajstić information content (AvgIpc) is 3.03. The van der Waals surface area contributed by atoms with Crippen molar-refractivity contribution in [1.82, 2.24) is 4.98 Å². The van der Waals surface area contributed by atoms with Gasteiger partial charge in [-0.05, 0) is 36.4 Å². The van der Waals surface area contributed by atoms with E-state index < -0.39 is 5.97 Å². The number of carbonyl (C=O) groups is 2. The Morgan fingerprint density at radius 3 is 2.50 bits per heavy atom. The van der Waals surface area contributed by atoms with Crippen molar-refractivity contribution >= 4 is 34.1 Å². The van der Waals surface area contributed by atoms with Crippen molar-refractivity contribution < 1.29 is 24.5 Å². The van der Waals surface area contributed by atoms with Crippen LogP contribution in [0.3, 0.4) is 0 Å². The third-order valence-electron chi connectivity index (χ3n) is 3.40. The van der Waals surface area contributed by atoms with Gasteiger partial charge in [0.2, 0.25) is 0 Å². The number of benzene rings is 2. The van der Waals surface area contributed by atoms with E-state index in [1.807, 2.05) is 5.38 Å². The fourth-order valence-electron chi connectivity index (χ4n) is 2.24. The van der Waals surface area contributed by atoms with Crippen LogP contribution in [0.2, 0.25) is 0 Å². The number of ether oxygens (including phenoxy) is 1. The number of rotatable bonds is 5. The van der Waals surface area contributed by atoms with Gasteiger partial charge in [0.15, 0.2) is 5.13 Å². The van der Waals surface area contributed by atoms with Gasteiger partial charge in [0.05, 0.1) is 5.69 Å². The van der Waals surface area contributed by atoms with Gasteiger partial charge in [0, 0.05) is 29.6 Å². The minimum Gasteiger partial charge on any atom is -0.507 e. The molecular formula is C18H14N2O5S. The van der Waals surface area contributed by atoms with Crippen LogP contribution in [0.4, 0.5) is 10.8 Å². The maximum atomic E-state index is 10.9. The van der Waals surface area contributed by atoms with Crippen molar-refractivity contribution in [2.75, 3.05) is 5.32 Å². The molecule has 0 radical (unpaired) electrons. The summed E-state index contributed by atoms with van der Waals surface area (Å²) >= 11 is 1.36. The number of carboxylic acid groups (broad SMARTS) is 1. The van der Waals surface area contributed by atoms with Crippen LogP contribution in [0, 0.1) is 0 Å². The quantitative estimate of drug-likeness (QED) is 0.462. The maximum Gasteiger partial charge on any atom is 0.339 e. The molecule has 0 unspecified atom stereocenters. The van der Waals surface area contributed by atoms with Gasteiger partial charge in [-0.2, -0.15) is 0 Å². The van der Waals surface area contributed by atoms with E-state index in [9.17, 15) is 14.7 Å². The Bertz CT molecular complexity index is 966. The summed E-state index contributed by atoms with van der Waals surface area (Å²) < 4.78 is 4.99. The normalized spacial score (nSPS) is 10.3. The summed E-state index contributed by atoms with van der Waals surface area (Å²) in [5.74, 6) is -1.43. The third-order valence-corrected chi connectivity index (χ3v) is 4.15. The summed E-state index contributed by atoms with van der Waals surface area (Å²) in [5, 5.41) is 24.1. The Morgan fingerprint density at radius 2 is 1.88 bits per heavy atom. The number of thiazole rings is 1. The second kappa shape index (κ2) is 7.24. The average molecular weight is 370 g/mol. The number of carbonyl (C=O) groups excluding carboxylic acids is 1. The number of nitrogens with one attached hydrogen (secondary N) is 1. The molecule has 7 nitrogen and oxygen atoms in total. The lowest BCUT2D eigenvalue weighted by Crippen LogP contribution is -2.00. The van der Waals surface area contributed by atoms with Gasteiger partial charge in [-0.25, -0.2) is 9.78 Å². The second-order valence-corrected chi connectivity index (χ2v) is 6.18. The zero-order valence-electron chi connectivity index (χ0n) is 13.6. The van der Waals surface area contributed by atoms with Crippen LogP contribution >= 0.6 is 11.3 Å². The summed E-state index contributed by atoms with van der Waals surface area (Å²) in [7, 11) is 0. The Morgan fingerprint density at radius 1 is 1.15 bits per heavy atom. The minimum absolute atomic E-state index is 0.164. The van der Waals surface area contributed by atoms with E-state index >= 15 is 0 Å². The van der Waals surface area contributed by atoms with Crippen LogP contribution in [-0.4, -0.2) is 27.1 Å². The molecule has 8 heteroatoms. The number of anilines is 2. The summed E-state index contributed by atoms with van der Waals surface area (Å²) in [4.78, 5) is 26.3. The highest BCUT2D eigenvalue weighted by Crippen LogP contribution is 2.30. The number of aromatic nitrogens is 1. The Hall–Kier alpha value is -3.39. The molecule has 1 heterocycles. The molecule has 132 valence electrons. The first kappa shape index (κ1) is 17.4. The van der Waals surface area contributed by atoms with Crippen molar-refractivity contribution in [3.63, 3.8) is 0 Å². The highest BCUT2D eigenvalue weighted by Gasteiger charge is 2.11.